The average Bonchev–Trinajstić information content (AvgIpc) is 3.16. The van der Waals surface area contributed by atoms with Crippen LogP contribution in [0.4, 0.5) is 23.1 Å². The molecular formula is C24H32ClN7O. The Morgan fingerprint density at radius 2 is 1.85 bits per heavy atom. The number of carbonyl (C=O) groups excluding carboxylic acids is 1. The molecule has 33 heavy (non-hydrogen) atoms. The van der Waals surface area contributed by atoms with Crippen molar-refractivity contribution in [1.29, 1.82) is 0 Å². The Morgan fingerprint density at radius 1 is 1.12 bits per heavy atom. The van der Waals surface area contributed by atoms with E-state index in [0.29, 0.717) is 23.3 Å². The second-order valence-electron chi connectivity index (χ2n) is 9.32. The summed E-state index contributed by atoms with van der Waals surface area (Å²) in [6, 6.07) is 4.13. The Labute approximate surface area is 200 Å². The van der Waals surface area contributed by atoms with Gasteiger partial charge in [-0.3, -0.25) is 4.79 Å². The number of nitrogens with one attached hydrogen (secondary N) is 3. The molecule has 8 nitrogen and oxygen atoms in total. The lowest BCUT2D eigenvalue weighted by atomic mass is 9.79. The van der Waals surface area contributed by atoms with E-state index in [1.165, 1.54) is 31.4 Å². The maximum Gasteiger partial charge on any atom is 0.256 e. The Kier molecular flexibility index (Phi) is 6.29. The van der Waals surface area contributed by atoms with Gasteiger partial charge in [0.05, 0.1) is 17.4 Å². The highest BCUT2D eigenvalue weighted by atomic mass is 35.5. The summed E-state index contributed by atoms with van der Waals surface area (Å²) in [6.45, 7) is 5.04. The van der Waals surface area contributed by atoms with Gasteiger partial charge in [0.25, 0.3) is 5.91 Å². The normalized spacial score (nSPS) is 19.7. The van der Waals surface area contributed by atoms with Gasteiger partial charge in [-0.1, -0.05) is 11.6 Å². The minimum atomic E-state index is 0.0259. The molecule has 3 aliphatic heterocycles. The van der Waals surface area contributed by atoms with Crippen LogP contribution in [0.15, 0.2) is 18.3 Å². The lowest BCUT2D eigenvalue weighted by Gasteiger charge is -2.39. The topological polar surface area (TPSA) is 85.4 Å². The molecule has 5 rings (SSSR count). The Morgan fingerprint density at radius 3 is 2.58 bits per heavy atom. The van der Waals surface area contributed by atoms with Gasteiger partial charge >= 0.3 is 0 Å². The second-order valence-corrected chi connectivity index (χ2v) is 9.73. The lowest BCUT2D eigenvalue weighted by molar-refractivity contribution is 0.0817. The van der Waals surface area contributed by atoms with Crippen molar-refractivity contribution in [3.8, 4) is 0 Å². The van der Waals surface area contributed by atoms with Crippen LogP contribution < -0.4 is 20.9 Å². The van der Waals surface area contributed by atoms with Crippen LogP contribution in [0.1, 0.15) is 41.6 Å². The first-order valence-corrected chi connectivity index (χ1v) is 12.3. The Balaban J connectivity index is 1.39. The van der Waals surface area contributed by atoms with Crippen molar-refractivity contribution < 1.29 is 4.79 Å². The van der Waals surface area contributed by atoms with E-state index < -0.39 is 0 Å². The van der Waals surface area contributed by atoms with Crippen LogP contribution in [-0.2, 0) is 6.54 Å². The summed E-state index contributed by atoms with van der Waals surface area (Å²) in [5.74, 6) is 2.66. The van der Waals surface area contributed by atoms with Crippen LogP contribution in [0.25, 0.3) is 0 Å². The molecule has 9 heteroatoms. The molecule has 2 saturated heterocycles. The minimum absolute atomic E-state index is 0.0259. The van der Waals surface area contributed by atoms with Crippen LogP contribution >= 0.6 is 11.6 Å². The highest BCUT2D eigenvalue weighted by Gasteiger charge is 2.34. The largest absolute Gasteiger partial charge is 0.371 e. The maximum atomic E-state index is 13.1. The number of piperidine rings is 2. The fourth-order valence-corrected chi connectivity index (χ4v) is 5.71. The first-order chi connectivity index (χ1) is 16.0. The number of benzene rings is 1. The van der Waals surface area contributed by atoms with Crippen molar-refractivity contribution in [2.75, 3.05) is 55.8 Å². The fourth-order valence-electron chi connectivity index (χ4n) is 5.57. The summed E-state index contributed by atoms with van der Waals surface area (Å²) in [5.41, 5.74) is 3.72. The maximum absolute atomic E-state index is 13.1. The molecule has 3 N–H and O–H groups in total. The smallest absolute Gasteiger partial charge is 0.256 e. The molecule has 4 heterocycles. The van der Waals surface area contributed by atoms with E-state index in [2.05, 4.69) is 36.9 Å². The first kappa shape index (κ1) is 22.2. The minimum Gasteiger partial charge on any atom is -0.371 e. The number of amides is 1. The zero-order chi connectivity index (χ0) is 22.9. The molecule has 1 amide bonds. The van der Waals surface area contributed by atoms with Crippen LogP contribution in [0.3, 0.4) is 0 Å². The molecule has 0 bridgehead atoms. The number of hydrogen-bond acceptors (Lipinski definition) is 7. The Bertz CT molecular complexity index is 1030. The average molecular weight is 470 g/mol. The van der Waals surface area contributed by atoms with Gasteiger partial charge in [0.1, 0.15) is 5.02 Å². The SMILES string of the molecule is CNc1ncc(Cl)c(Nc2ccc(N3CCC(C4CCNCC4)CC3)c3c2C(=O)N(C)C3)n1. The van der Waals surface area contributed by atoms with Crippen LogP contribution in [0, 0.1) is 11.8 Å². The quantitative estimate of drug-likeness (QED) is 0.615. The summed E-state index contributed by atoms with van der Waals surface area (Å²) in [6.07, 6.45) is 6.62. The van der Waals surface area contributed by atoms with Gasteiger partial charge in [-0.25, -0.2) is 4.98 Å². The molecule has 0 saturated carbocycles. The molecule has 0 spiro atoms. The second kappa shape index (κ2) is 9.35. The Hall–Kier alpha value is -2.58. The van der Waals surface area contributed by atoms with Crippen molar-refractivity contribution >= 4 is 40.6 Å². The van der Waals surface area contributed by atoms with Gasteiger partial charge < -0.3 is 25.8 Å². The first-order valence-electron chi connectivity index (χ1n) is 11.9. The summed E-state index contributed by atoms with van der Waals surface area (Å²) in [4.78, 5) is 25.9. The van der Waals surface area contributed by atoms with Gasteiger partial charge in [0.15, 0.2) is 5.82 Å². The van der Waals surface area contributed by atoms with Crippen LogP contribution in [0.2, 0.25) is 5.02 Å². The number of nitrogens with zero attached hydrogens (tertiary/aromatic N) is 4. The van der Waals surface area contributed by atoms with E-state index in [9.17, 15) is 4.79 Å². The summed E-state index contributed by atoms with van der Waals surface area (Å²) < 4.78 is 0. The van der Waals surface area contributed by atoms with E-state index >= 15 is 0 Å². The fraction of sp³-hybridized carbons (Fsp3) is 0.542. The standard InChI is InChI=1S/C24H32ClN7O/c1-26-24-28-13-18(25)22(30-24)29-19-3-4-20(17-14-31(2)23(33)21(17)19)32-11-7-16(8-12-32)15-5-9-27-10-6-15/h3-4,13,15-16,27H,5-12,14H2,1-2H3,(H2,26,28,29,30). The third kappa shape index (κ3) is 4.34. The van der Waals surface area contributed by atoms with Crippen LogP contribution in [0.5, 0.6) is 0 Å². The zero-order valence-corrected chi connectivity index (χ0v) is 20.1. The molecule has 0 radical (unpaired) electrons. The summed E-state index contributed by atoms with van der Waals surface area (Å²) >= 11 is 6.33. The van der Waals surface area contributed by atoms with E-state index in [0.717, 1.165) is 54.8 Å². The number of aromatic nitrogens is 2. The number of hydrogen-bond donors (Lipinski definition) is 3. The van der Waals surface area contributed by atoms with Crippen LogP contribution in [-0.4, -0.2) is 61.0 Å². The molecule has 176 valence electrons. The van der Waals surface area contributed by atoms with E-state index in [-0.39, 0.29) is 5.91 Å². The van der Waals surface area contributed by atoms with Gasteiger partial charge in [0, 0.05) is 45.0 Å². The van der Waals surface area contributed by atoms with E-state index in [4.69, 9.17) is 11.6 Å². The molecular weight excluding hydrogens is 438 g/mol. The molecule has 0 aliphatic carbocycles. The predicted octanol–water partition coefficient (Wildman–Crippen LogP) is 3.72. The van der Waals surface area contributed by atoms with Crippen molar-refractivity contribution in [1.82, 2.24) is 20.2 Å². The van der Waals surface area contributed by atoms with Crippen molar-refractivity contribution in [2.24, 2.45) is 11.8 Å². The van der Waals surface area contributed by atoms with Crippen molar-refractivity contribution in [2.45, 2.75) is 32.2 Å². The number of rotatable bonds is 5. The molecule has 3 aliphatic rings. The molecule has 0 atom stereocenters. The highest BCUT2D eigenvalue weighted by molar-refractivity contribution is 6.33. The lowest BCUT2D eigenvalue weighted by Crippen LogP contribution is -2.39. The summed E-state index contributed by atoms with van der Waals surface area (Å²) in [7, 11) is 3.61. The number of anilines is 4. The van der Waals surface area contributed by atoms with E-state index in [1.54, 1.807) is 18.1 Å². The van der Waals surface area contributed by atoms with Crippen molar-refractivity contribution in [3.05, 3.63) is 34.5 Å². The third-order valence-corrected chi connectivity index (χ3v) is 7.67. The molecule has 2 fully saturated rings. The number of carbonyl (C=O) groups is 1. The third-order valence-electron chi connectivity index (χ3n) is 7.40. The van der Waals surface area contributed by atoms with Gasteiger partial charge in [0.2, 0.25) is 5.95 Å². The summed E-state index contributed by atoms with van der Waals surface area (Å²) in [5, 5.41) is 10.1. The molecule has 0 unspecified atom stereocenters. The van der Waals surface area contributed by atoms with Gasteiger partial charge in [-0.15, -0.1) is 0 Å². The van der Waals surface area contributed by atoms with Gasteiger partial charge in [-0.05, 0) is 62.7 Å². The monoisotopic (exact) mass is 469 g/mol. The molecule has 2 aromatic rings. The predicted molar refractivity (Wildman–Crippen MR) is 133 cm³/mol. The van der Waals surface area contributed by atoms with Gasteiger partial charge in [-0.2, -0.15) is 4.98 Å². The zero-order valence-electron chi connectivity index (χ0n) is 19.3. The number of halogens is 1. The number of fused-ring (bicyclic) bond motifs is 1. The highest BCUT2D eigenvalue weighted by Crippen LogP contribution is 2.40. The molecule has 1 aromatic carbocycles. The molecule has 1 aromatic heterocycles. The van der Waals surface area contributed by atoms with Crippen molar-refractivity contribution in [3.63, 3.8) is 0 Å². The van der Waals surface area contributed by atoms with E-state index in [1.807, 2.05) is 13.1 Å².